The number of rotatable bonds is 1. The molecule has 90 valence electrons. The SMILES string of the molecule is CN1CCNCC1c1cn(C)c2ccccc12. The van der Waals surface area contributed by atoms with Gasteiger partial charge >= 0.3 is 0 Å². The first-order chi connectivity index (χ1) is 8.27. The largest absolute Gasteiger partial charge is 0.350 e. The third kappa shape index (κ3) is 1.75. The Kier molecular flexibility index (Phi) is 2.65. The number of nitrogens with zero attached hydrogens (tertiary/aromatic N) is 2. The summed E-state index contributed by atoms with van der Waals surface area (Å²) in [5.41, 5.74) is 2.76. The summed E-state index contributed by atoms with van der Waals surface area (Å²) in [7, 11) is 4.34. The lowest BCUT2D eigenvalue weighted by atomic mass is 10.0. The highest BCUT2D eigenvalue weighted by Crippen LogP contribution is 2.29. The zero-order valence-corrected chi connectivity index (χ0v) is 10.5. The summed E-state index contributed by atoms with van der Waals surface area (Å²) in [6.45, 7) is 3.26. The summed E-state index contributed by atoms with van der Waals surface area (Å²) >= 11 is 0. The van der Waals surface area contributed by atoms with E-state index in [1.54, 1.807) is 0 Å². The number of para-hydroxylation sites is 1. The van der Waals surface area contributed by atoms with Gasteiger partial charge in [0.2, 0.25) is 0 Å². The maximum atomic E-state index is 3.49. The molecular formula is C14H19N3. The van der Waals surface area contributed by atoms with Crippen LogP contribution in [0, 0.1) is 0 Å². The quantitative estimate of drug-likeness (QED) is 0.804. The van der Waals surface area contributed by atoms with Gasteiger partial charge in [-0.1, -0.05) is 18.2 Å². The fourth-order valence-corrected chi connectivity index (χ4v) is 2.79. The number of nitrogens with one attached hydrogen (secondary N) is 1. The van der Waals surface area contributed by atoms with Crippen molar-refractivity contribution in [1.29, 1.82) is 0 Å². The molecule has 1 saturated heterocycles. The van der Waals surface area contributed by atoms with E-state index in [0.717, 1.165) is 19.6 Å². The molecule has 0 aliphatic carbocycles. The van der Waals surface area contributed by atoms with Crippen LogP contribution in [0.3, 0.4) is 0 Å². The van der Waals surface area contributed by atoms with Crippen molar-refractivity contribution in [3.05, 3.63) is 36.0 Å². The minimum absolute atomic E-state index is 0.495. The molecule has 2 aromatic rings. The molecule has 3 rings (SSSR count). The topological polar surface area (TPSA) is 20.2 Å². The molecule has 1 aliphatic heterocycles. The van der Waals surface area contributed by atoms with Gasteiger partial charge in [-0.25, -0.2) is 0 Å². The second kappa shape index (κ2) is 4.17. The van der Waals surface area contributed by atoms with Crippen LogP contribution in [-0.2, 0) is 7.05 Å². The van der Waals surface area contributed by atoms with Crippen LogP contribution in [0.5, 0.6) is 0 Å². The number of fused-ring (bicyclic) bond motifs is 1. The van der Waals surface area contributed by atoms with Gasteiger partial charge in [-0.05, 0) is 18.7 Å². The highest BCUT2D eigenvalue weighted by molar-refractivity contribution is 5.84. The van der Waals surface area contributed by atoms with Crippen LogP contribution in [0.2, 0.25) is 0 Å². The minimum Gasteiger partial charge on any atom is -0.350 e. The Balaban J connectivity index is 2.10. The third-order valence-electron chi connectivity index (χ3n) is 3.80. The Hall–Kier alpha value is -1.32. The Morgan fingerprint density at radius 2 is 2.06 bits per heavy atom. The molecule has 0 amide bonds. The summed E-state index contributed by atoms with van der Waals surface area (Å²) in [5, 5.41) is 4.87. The Labute approximate surface area is 102 Å². The van der Waals surface area contributed by atoms with Gasteiger partial charge in [-0.15, -0.1) is 0 Å². The Morgan fingerprint density at radius 3 is 2.88 bits per heavy atom. The summed E-state index contributed by atoms with van der Waals surface area (Å²) < 4.78 is 2.23. The molecule has 3 nitrogen and oxygen atoms in total. The van der Waals surface area contributed by atoms with E-state index < -0.39 is 0 Å². The summed E-state index contributed by atoms with van der Waals surface area (Å²) in [6.07, 6.45) is 2.28. The van der Waals surface area contributed by atoms with Gasteiger partial charge in [0.1, 0.15) is 0 Å². The van der Waals surface area contributed by atoms with Crippen LogP contribution in [0.15, 0.2) is 30.5 Å². The van der Waals surface area contributed by atoms with Crippen LogP contribution >= 0.6 is 0 Å². The van der Waals surface area contributed by atoms with E-state index in [-0.39, 0.29) is 0 Å². The lowest BCUT2D eigenvalue weighted by Crippen LogP contribution is -2.43. The van der Waals surface area contributed by atoms with Crippen molar-refractivity contribution in [3.63, 3.8) is 0 Å². The molecule has 0 spiro atoms. The van der Waals surface area contributed by atoms with E-state index in [9.17, 15) is 0 Å². The van der Waals surface area contributed by atoms with Crippen molar-refractivity contribution in [2.24, 2.45) is 7.05 Å². The van der Waals surface area contributed by atoms with Crippen molar-refractivity contribution in [2.75, 3.05) is 26.7 Å². The van der Waals surface area contributed by atoms with Crippen LogP contribution in [0.25, 0.3) is 10.9 Å². The van der Waals surface area contributed by atoms with Gasteiger partial charge in [-0.2, -0.15) is 0 Å². The summed E-state index contributed by atoms with van der Waals surface area (Å²) in [6, 6.07) is 9.15. The second-order valence-electron chi connectivity index (χ2n) is 4.91. The number of likely N-dealkylation sites (N-methyl/N-ethyl adjacent to an activating group) is 1. The van der Waals surface area contributed by atoms with Gasteiger partial charge < -0.3 is 9.88 Å². The van der Waals surface area contributed by atoms with Gasteiger partial charge in [0.05, 0.1) is 0 Å². The number of benzene rings is 1. The molecule has 1 aliphatic rings. The number of hydrogen-bond acceptors (Lipinski definition) is 2. The second-order valence-corrected chi connectivity index (χ2v) is 4.91. The van der Waals surface area contributed by atoms with E-state index in [1.165, 1.54) is 16.5 Å². The number of aromatic nitrogens is 1. The summed E-state index contributed by atoms with van der Waals surface area (Å²) in [4.78, 5) is 2.44. The fraction of sp³-hybridized carbons (Fsp3) is 0.429. The monoisotopic (exact) mass is 229 g/mol. The number of hydrogen-bond donors (Lipinski definition) is 1. The Morgan fingerprint density at radius 1 is 1.24 bits per heavy atom. The molecule has 1 unspecified atom stereocenters. The van der Waals surface area contributed by atoms with Crippen LogP contribution < -0.4 is 5.32 Å². The number of aryl methyl sites for hydroxylation is 1. The highest BCUT2D eigenvalue weighted by Gasteiger charge is 2.23. The molecule has 1 atom stereocenters. The molecule has 0 bridgehead atoms. The third-order valence-corrected chi connectivity index (χ3v) is 3.80. The van der Waals surface area contributed by atoms with Crippen molar-refractivity contribution in [3.8, 4) is 0 Å². The summed E-state index contributed by atoms with van der Waals surface area (Å²) in [5.74, 6) is 0. The molecule has 1 aromatic carbocycles. The number of piperazine rings is 1. The van der Waals surface area contributed by atoms with Gasteiger partial charge in [0, 0.05) is 49.8 Å². The van der Waals surface area contributed by atoms with Crippen molar-refractivity contribution in [2.45, 2.75) is 6.04 Å². The molecule has 0 saturated carbocycles. The van der Waals surface area contributed by atoms with E-state index in [4.69, 9.17) is 0 Å². The minimum atomic E-state index is 0.495. The van der Waals surface area contributed by atoms with Crippen LogP contribution in [-0.4, -0.2) is 36.1 Å². The van der Waals surface area contributed by atoms with E-state index in [0.29, 0.717) is 6.04 Å². The standard InChI is InChI=1S/C14H19N3/c1-16-8-7-15-9-14(16)12-10-17(2)13-6-4-3-5-11(12)13/h3-6,10,14-15H,7-9H2,1-2H3. The van der Waals surface area contributed by atoms with E-state index in [1.807, 2.05) is 0 Å². The maximum Gasteiger partial charge on any atom is 0.0491 e. The average molecular weight is 229 g/mol. The maximum absolute atomic E-state index is 3.49. The first kappa shape index (κ1) is 10.8. The van der Waals surface area contributed by atoms with Crippen LogP contribution in [0.4, 0.5) is 0 Å². The zero-order valence-electron chi connectivity index (χ0n) is 10.5. The first-order valence-corrected chi connectivity index (χ1v) is 6.22. The lowest BCUT2D eigenvalue weighted by molar-refractivity contribution is 0.203. The van der Waals surface area contributed by atoms with Crippen LogP contribution in [0.1, 0.15) is 11.6 Å². The molecule has 1 N–H and O–H groups in total. The zero-order chi connectivity index (χ0) is 11.8. The molecular weight excluding hydrogens is 210 g/mol. The predicted octanol–water partition coefficient (Wildman–Crippen LogP) is 1.75. The molecule has 0 radical (unpaired) electrons. The smallest absolute Gasteiger partial charge is 0.0491 e. The fourth-order valence-electron chi connectivity index (χ4n) is 2.79. The molecule has 1 fully saturated rings. The molecule has 1 aromatic heterocycles. The van der Waals surface area contributed by atoms with E-state index >= 15 is 0 Å². The predicted molar refractivity (Wildman–Crippen MR) is 71.2 cm³/mol. The highest BCUT2D eigenvalue weighted by atomic mass is 15.2. The first-order valence-electron chi connectivity index (χ1n) is 6.22. The molecule has 17 heavy (non-hydrogen) atoms. The van der Waals surface area contributed by atoms with Gasteiger partial charge in [0.25, 0.3) is 0 Å². The van der Waals surface area contributed by atoms with Crippen molar-refractivity contribution in [1.82, 2.24) is 14.8 Å². The normalized spacial score (nSPS) is 22.1. The van der Waals surface area contributed by atoms with Crippen molar-refractivity contribution >= 4 is 10.9 Å². The average Bonchev–Trinajstić information content (AvgIpc) is 2.68. The van der Waals surface area contributed by atoms with Crippen molar-refractivity contribution < 1.29 is 0 Å². The van der Waals surface area contributed by atoms with Gasteiger partial charge in [-0.3, -0.25) is 4.90 Å². The lowest BCUT2D eigenvalue weighted by Gasteiger charge is -2.33. The van der Waals surface area contributed by atoms with E-state index in [2.05, 4.69) is 59.3 Å². The molecule has 2 heterocycles. The Bertz CT molecular complexity index is 529. The molecule has 3 heteroatoms. The van der Waals surface area contributed by atoms with Gasteiger partial charge in [0.15, 0.2) is 0 Å².